The number of hydrogen-bond acceptors (Lipinski definition) is 16. The summed E-state index contributed by atoms with van der Waals surface area (Å²) in [5.41, 5.74) is 5.62. The van der Waals surface area contributed by atoms with E-state index in [-0.39, 0.29) is 48.6 Å². The molecular formula is C58H53Cl7N12O6. The zero-order chi connectivity index (χ0) is 58.5. The largest absolute Gasteiger partial charge is 0.477 e. The highest BCUT2D eigenvalue weighted by molar-refractivity contribution is 6.43. The normalized spacial score (nSPS) is 13.1. The molecule has 2 saturated heterocycles. The van der Waals surface area contributed by atoms with Gasteiger partial charge in [0.25, 0.3) is 0 Å². The summed E-state index contributed by atoms with van der Waals surface area (Å²) in [5.74, 6) is 0.406. The highest BCUT2D eigenvalue weighted by Gasteiger charge is 2.27. The summed E-state index contributed by atoms with van der Waals surface area (Å²) < 4.78 is 5.45. The number of nitrogens with zero attached hydrogens (tertiary/aromatic N) is 11. The summed E-state index contributed by atoms with van der Waals surface area (Å²) in [6.07, 6.45) is 7.51. The zero-order valence-electron chi connectivity index (χ0n) is 44.8. The van der Waals surface area contributed by atoms with Crippen molar-refractivity contribution in [3.05, 3.63) is 187 Å². The first-order chi connectivity index (χ1) is 39.3. The molecule has 430 valence electrons. The summed E-state index contributed by atoms with van der Waals surface area (Å²) in [6, 6.07) is 27.8. The first-order valence-corrected chi connectivity index (χ1v) is 27.7. The van der Waals surface area contributed by atoms with Gasteiger partial charge in [0.15, 0.2) is 17.3 Å². The predicted octanol–water partition coefficient (Wildman–Crippen LogP) is 12.6. The Kier molecular flexibility index (Phi) is 22.5. The molecule has 7 heterocycles. The molecule has 2 aliphatic heterocycles. The Bertz CT molecular complexity index is 3590. The van der Waals surface area contributed by atoms with Crippen LogP contribution in [-0.2, 0) is 17.6 Å². The van der Waals surface area contributed by atoms with Gasteiger partial charge in [-0.2, -0.15) is 0 Å². The van der Waals surface area contributed by atoms with Gasteiger partial charge in [0, 0.05) is 94.3 Å². The van der Waals surface area contributed by atoms with Crippen LogP contribution in [0.3, 0.4) is 0 Å². The molecule has 83 heavy (non-hydrogen) atoms. The van der Waals surface area contributed by atoms with Crippen molar-refractivity contribution in [2.75, 3.05) is 62.2 Å². The van der Waals surface area contributed by atoms with Crippen molar-refractivity contribution in [2.45, 2.75) is 39.2 Å². The van der Waals surface area contributed by atoms with E-state index >= 15 is 0 Å². The lowest BCUT2D eigenvalue weighted by molar-refractivity contribution is 0.0240. The molecule has 0 unspecified atom stereocenters. The lowest BCUT2D eigenvalue weighted by Crippen LogP contribution is -2.50. The van der Waals surface area contributed by atoms with Crippen LogP contribution in [0, 0.1) is 0 Å². The number of anilines is 2. The third-order valence-corrected chi connectivity index (χ3v) is 14.7. The second-order valence-corrected chi connectivity index (χ2v) is 21.9. The second-order valence-electron chi connectivity index (χ2n) is 19.5. The Morgan fingerprint density at radius 2 is 0.880 bits per heavy atom. The smallest absolute Gasteiger partial charge is 0.410 e. The van der Waals surface area contributed by atoms with Gasteiger partial charge in [0.1, 0.15) is 47.6 Å². The number of hydrogen-bond donors (Lipinski definition) is 2. The van der Waals surface area contributed by atoms with E-state index < -0.39 is 11.6 Å². The van der Waals surface area contributed by atoms with Gasteiger partial charge in [-0.15, -0.1) is 12.4 Å². The molecule has 1 amide bonds. The number of halogens is 7. The molecular weight excluding hydrogens is 1210 g/mol. The Morgan fingerprint density at radius 1 is 0.494 bits per heavy atom. The third-order valence-electron chi connectivity index (χ3n) is 12.5. The number of carboxylic acid groups (broad SMARTS) is 1. The van der Waals surface area contributed by atoms with E-state index in [1.54, 1.807) is 78.0 Å². The van der Waals surface area contributed by atoms with E-state index in [1.807, 2.05) is 51.1 Å². The number of carboxylic acids is 1. The van der Waals surface area contributed by atoms with Crippen LogP contribution in [0.4, 0.5) is 16.4 Å². The van der Waals surface area contributed by atoms with E-state index in [4.69, 9.17) is 79.4 Å². The minimum atomic E-state index is -1.10. The van der Waals surface area contributed by atoms with Gasteiger partial charge in [-0.25, -0.2) is 49.5 Å². The number of rotatable bonds is 12. The lowest BCUT2D eigenvalue weighted by Gasteiger charge is -2.36. The Labute approximate surface area is 515 Å². The summed E-state index contributed by atoms with van der Waals surface area (Å²) in [4.78, 5) is 88.2. The molecule has 0 saturated carbocycles. The number of aromatic carboxylic acids is 1. The van der Waals surface area contributed by atoms with Crippen LogP contribution >= 0.6 is 82.0 Å². The number of carbonyl (C=O) groups excluding carboxylic acids is 3. The van der Waals surface area contributed by atoms with Gasteiger partial charge in [0.05, 0.1) is 47.2 Å². The molecule has 0 spiro atoms. The number of piperazine rings is 2. The van der Waals surface area contributed by atoms with Crippen LogP contribution in [0.25, 0.3) is 33.8 Å². The molecule has 25 heteroatoms. The fourth-order valence-electron chi connectivity index (χ4n) is 8.24. The number of nitrogens with one attached hydrogen (secondary N) is 1. The second kappa shape index (κ2) is 29.4. The van der Waals surface area contributed by atoms with Crippen LogP contribution < -0.4 is 15.1 Å². The van der Waals surface area contributed by atoms with E-state index in [0.717, 1.165) is 60.1 Å². The van der Waals surface area contributed by atoms with Crippen LogP contribution in [0.15, 0.2) is 128 Å². The highest BCUT2D eigenvalue weighted by Crippen LogP contribution is 2.31. The summed E-state index contributed by atoms with van der Waals surface area (Å²) in [7, 11) is 0. The molecule has 0 atom stereocenters. The molecule has 2 aliphatic rings. The van der Waals surface area contributed by atoms with Crippen LogP contribution in [0.1, 0.15) is 63.4 Å². The fraction of sp³-hybridized carbons (Fsp3) is 0.241. The fourth-order valence-corrected chi connectivity index (χ4v) is 9.14. The number of Topliss-reactive ketones (excluding diaryl/α,β-unsaturated/α-hetero) is 2. The number of aromatic nitrogens is 8. The maximum atomic E-state index is 12.9. The maximum Gasteiger partial charge on any atom is 0.410 e. The minimum absolute atomic E-state index is 0. The van der Waals surface area contributed by atoms with Crippen molar-refractivity contribution in [2.24, 2.45) is 0 Å². The van der Waals surface area contributed by atoms with E-state index in [0.29, 0.717) is 90.3 Å². The number of carbonyl (C=O) groups is 4. The quantitative estimate of drug-likeness (QED) is 0.109. The molecule has 0 radical (unpaired) electrons. The van der Waals surface area contributed by atoms with Gasteiger partial charge >= 0.3 is 12.1 Å². The molecule has 5 aromatic heterocycles. The maximum absolute atomic E-state index is 12.9. The van der Waals surface area contributed by atoms with Gasteiger partial charge in [0.2, 0.25) is 0 Å². The summed E-state index contributed by atoms with van der Waals surface area (Å²) >= 11 is 35.8. The molecule has 0 aliphatic carbocycles. The molecule has 10 rings (SSSR count). The Hall–Kier alpha value is -7.13. The van der Waals surface area contributed by atoms with Crippen LogP contribution in [0.5, 0.6) is 0 Å². The predicted molar refractivity (Wildman–Crippen MR) is 326 cm³/mol. The monoisotopic (exact) mass is 1260 g/mol. The van der Waals surface area contributed by atoms with E-state index in [2.05, 4.69) is 55.0 Å². The number of ketones is 2. The van der Waals surface area contributed by atoms with E-state index in [1.165, 1.54) is 25.0 Å². The Morgan fingerprint density at radius 3 is 1.24 bits per heavy atom. The average Bonchev–Trinajstić information content (AvgIpc) is 3.60. The highest BCUT2D eigenvalue weighted by atomic mass is 35.5. The standard InChI is InChI=1S/C26H27Cl2N5O3.C21H19Cl2N5O.C11H6Cl2N2O2.ClH/c1-26(2,3)36-25(35)33-10-8-32(9-11-33)24-7-4-17(15-29-24)12-23(34)22-14-21(30-16-31-22)18-5-6-19(27)20(28)13-18;22-16-3-2-15(10-17(16)23)18-11-19(27-13-26-18)20(29)9-14-1-4-21(25-12-14)28-7-5-24-6-8-28;12-7-2-1-6(3-8(7)13)9-4-10(11(16)17)15-5-14-9;/h4-7,13-16H,8-12H2,1-3H3;1-4,10-13,24H,5-9H2;1-5H,(H,16,17);1H. The van der Waals surface area contributed by atoms with Crippen molar-refractivity contribution in [1.82, 2.24) is 50.1 Å². The van der Waals surface area contributed by atoms with E-state index in [9.17, 15) is 19.2 Å². The number of amides is 1. The van der Waals surface area contributed by atoms with Gasteiger partial charge in [-0.1, -0.05) is 99.9 Å². The van der Waals surface area contributed by atoms with Crippen molar-refractivity contribution < 1.29 is 29.0 Å². The van der Waals surface area contributed by atoms with Crippen molar-refractivity contribution in [3.63, 3.8) is 0 Å². The molecule has 2 fully saturated rings. The topological polar surface area (TPSA) is 223 Å². The number of ether oxygens (including phenoxy) is 1. The minimum Gasteiger partial charge on any atom is -0.477 e. The molecule has 2 N–H and O–H groups in total. The first-order valence-electron chi connectivity index (χ1n) is 25.5. The van der Waals surface area contributed by atoms with Crippen molar-refractivity contribution in [3.8, 4) is 33.8 Å². The zero-order valence-corrected chi connectivity index (χ0v) is 50.1. The van der Waals surface area contributed by atoms with Crippen LogP contribution in [0.2, 0.25) is 30.1 Å². The average molecular weight is 1260 g/mol. The Balaban J connectivity index is 0.000000189. The van der Waals surface area contributed by atoms with Gasteiger partial charge in [-0.3, -0.25) is 9.59 Å². The third kappa shape index (κ3) is 17.9. The molecule has 0 bridgehead atoms. The van der Waals surface area contributed by atoms with Crippen molar-refractivity contribution >= 4 is 117 Å². The van der Waals surface area contributed by atoms with Crippen LogP contribution in [-0.4, -0.2) is 131 Å². The number of benzene rings is 3. The van der Waals surface area contributed by atoms with Crippen molar-refractivity contribution in [1.29, 1.82) is 0 Å². The lowest BCUT2D eigenvalue weighted by atomic mass is 10.1. The van der Waals surface area contributed by atoms with Gasteiger partial charge < -0.3 is 29.9 Å². The summed E-state index contributed by atoms with van der Waals surface area (Å²) in [5, 5.41) is 14.7. The summed E-state index contributed by atoms with van der Waals surface area (Å²) in [6.45, 7) is 11.8. The first kappa shape index (κ1) is 63.5. The molecule has 18 nitrogen and oxygen atoms in total. The number of pyridine rings is 2. The molecule has 8 aromatic rings. The van der Waals surface area contributed by atoms with Gasteiger partial charge in [-0.05, 0) is 98.6 Å². The molecule has 3 aromatic carbocycles. The SMILES string of the molecule is CC(C)(C)OC(=O)N1CCN(c2ccc(CC(=O)c3cc(-c4ccc(Cl)c(Cl)c4)ncn3)cn2)CC1.Cl.O=C(Cc1ccc(N2CCNCC2)nc1)c1cc(-c2ccc(Cl)c(Cl)c2)ncn1.O=C(O)c1cc(-c2ccc(Cl)c(Cl)c2)ncn1.